The molecule has 2 atom stereocenters. The molecule has 1 aromatic rings. The van der Waals surface area contributed by atoms with Gasteiger partial charge in [0.05, 0.1) is 6.61 Å². The highest BCUT2D eigenvalue weighted by Gasteiger charge is 2.03. The van der Waals surface area contributed by atoms with Gasteiger partial charge in [-0.15, -0.1) is 0 Å². The van der Waals surface area contributed by atoms with Crippen LogP contribution < -0.4 is 0 Å². The topological polar surface area (TPSA) is 18.5 Å². The SMILES string of the molecule is C=C/C=C(\C=C)C(C)COC.CC.COCCC(C)c1ccccc1. The lowest BCUT2D eigenvalue weighted by molar-refractivity contribution is 0.173. The maximum absolute atomic E-state index is 5.03. The van der Waals surface area contributed by atoms with Crippen LogP contribution in [0, 0.1) is 5.92 Å². The summed E-state index contributed by atoms with van der Waals surface area (Å²) in [6, 6.07) is 10.5. The van der Waals surface area contributed by atoms with Crippen LogP contribution >= 0.6 is 0 Å². The molecule has 0 fully saturated rings. The molecule has 0 saturated carbocycles. The molecule has 0 aliphatic heterocycles. The van der Waals surface area contributed by atoms with Gasteiger partial charge in [0.2, 0.25) is 0 Å². The molecule has 0 heterocycles. The molecule has 1 aromatic carbocycles. The fraction of sp³-hybridized carbons (Fsp3) is 0.478. The summed E-state index contributed by atoms with van der Waals surface area (Å²) in [6.45, 7) is 17.2. The van der Waals surface area contributed by atoms with Crippen molar-refractivity contribution in [3.8, 4) is 0 Å². The molecule has 2 unspecified atom stereocenters. The van der Waals surface area contributed by atoms with Gasteiger partial charge in [-0.25, -0.2) is 0 Å². The minimum Gasteiger partial charge on any atom is -0.385 e. The first-order valence-electron chi connectivity index (χ1n) is 9.08. The van der Waals surface area contributed by atoms with E-state index < -0.39 is 0 Å². The molecule has 0 radical (unpaired) electrons. The van der Waals surface area contributed by atoms with Crippen molar-refractivity contribution in [3.05, 3.63) is 72.9 Å². The van der Waals surface area contributed by atoms with Crippen LogP contribution in [-0.2, 0) is 9.47 Å². The highest BCUT2D eigenvalue weighted by atomic mass is 16.5. The molecule has 2 nitrogen and oxygen atoms in total. The Morgan fingerprint density at radius 2 is 1.64 bits per heavy atom. The predicted molar refractivity (Wildman–Crippen MR) is 112 cm³/mol. The van der Waals surface area contributed by atoms with Crippen LogP contribution in [0.3, 0.4) is 0 Å². The van der Waals surface area contributed by atoms with Crippen LogP contribution in [0.5, 0.6) is 0 Å². The molecule has 0 aliphatic rings. The van der Waals surface area contributed by atoms with Crippen LogP contribution in [0.15, 0.2) is 67.3 Å². The van der Waals surface area contributed by atoms with E-state index in [0.717, 1.165) is 19.6 Å². The second kappa shape index (κ2) is 18.7. The van der Waals surface area contributed by atoms with E-state index in [1.807, 2.05) is 32.1 Å². The molecule has 142 valence electrons. The molecule has 25 heavy (non-hydrogen) atoms. The summed E-state index contributed by atoms with van der Waals surface area (Å²) in [5.41, 5.74) is 2.57. The molecule has 1 rings (SSSR count). The number of hydrogen-bond donors (Lipinski definition) is 0. The van der Waals surface area contributed by atoms with Crippen molar-refractivity contribution in [3.63, 3.8) is 0 Å². The number of ether oxygens (including phenoxy) is 2. The van der Waals surface area contributed by atoms with Crippen LogP contribution in [0.2, 0.25) is 0 Å². The second-order valence-electron chi connectivity index (χ2n) is 5.56. The van der Waals surface area contributed by atoms with Gasteiger partial charge in [0.25, 0.3) is 0 Å². The van der Waals surface area contributed by atoms with Gasteiger partial charge in [-0.3, -0.25) is 0 Å². The Morgan fingerprint density at radius 3 is 2.08 bits per heavy atom. The third-order valence-electron chi connectivity index (χ3n) is 3.66. The molecular formula is C23H38O2. The van der Waals surface area contributed by atoms with E-state index in [1.165, 1.54) is 11.1 Å². The molecule has 0 N–H and O–H groups in total. The van der Waals surface area contributed by atoms with E-state index in [1.54, 1.807) is 20.3 Å². The monoisotopic (exact) mass is 346 g/mol. The molecule has 0 bridgehead atoms. The standard InChI is InChI=1S/C11H16O.C10H16O.C2H6/c1-10(8-9-12-2)11-6-4-3-5-7-11;1-5-7-10(6-2)9(3)8-11-4;1-2/h3-7,10H,8-9H2,1-2H3;5-7,9H,1-2,8H2,3-4H3;1-2H3/b;10-7+;. The molecular weight excluding hydrogens is 308 g/mol. The number of rotatable bonds is 9. The van der Waals surface area contributed by atoms with Crippen molar-refractivity contribution in [2.24, 2.45) is 5.92 Å². The van der Waals surface area contributed by atoms with Crippen LogP contribution in [-0.4, -0.2) is 27.4 Å². The zero-order valence-corrected chi connectivity index (χ0v) is 17.1. The van der Waals surface area contributed by atoms with Gasteiger partial charge in [-0.2, -0.15) is 0 Å². The zero-order valence-electron chi connectivity index (χ0n) is 17.1. The minimum atomic E-state index is 0.399. The summed E-state index contributed by atoms with van der Waals surface area (Å²) < 4.78 is 10.0. The maximum atomic E-state index is 5.03. The Morgan fingerprint density at radius 1 is 1.04 bits per heavy atom. The molecule has 0 aromatic heterocycles. The third kappa shape index (κ3) is 13.3. The first-order valence-corrected chi connectivity index (χ1v) is 9.08. The van der Waals surface area contributed by atoms with Crippen molar-refractivity contribution < 1.29 is 9.47 Å². The van der Waals surface area contributed by atoms with E-state index in [9.17, 15) is 0 Å². The van der Waals surface area contributed by atoms with Crippen LogP contribution in [0.4, 0.5) is 0 Å². The van der Waals surface area contributed by atoms with Crippen molar-refractivity contribution in [2.45, 2.75) is 40.0 Å². The summed E-state index contributed by atoms with van der Waals surface area (Å²) in [5, 5.41) is 0. The Kier molecular flexibility index (Phi) is 19.1. The quantitative estimate of drug-likeness (QED) is 0.480. The van der Waals surface area contributed by atoms with Gasteiger partial charge in [0.15, 0.2) is 0 Å². The highest BCUT2D eigenvalue weighted by molar-refractivity contribution is 5.23. The van der Waals surface area contributed by atoms with Gasteiger partial charge < -0.3 is 9.47 Å². The smallest absolute Gasteiger partial charge is 0.0528 e. The molecule has 0 spiro atoms. The Bertz CT molecular complexity index is 448. The van der Waals surface area contributed by atoms with Gasteiger partial charge in [0, 0.05) is 26.7 Å². The van der Waals surface area contributed by atoms with Gasteiger partial charge in [-0.05, 0) is 23.5 Å². The van der Waals surface area contributed by atoms with E-state index in [4.69, 9.17) is 9.47 Å². The molecule has 0 aliphatic carbocycles. The van der Waals surface area contributed by atoms with Crippen LogP contribution in [0.1, 0.15) is 45.6 Å². The third-order valence-corrected chi connectivity index (χ3v) is 3.66. The summed E-state index contributed by atoms with van der Waals surface area (Å²) in [6.07, 6.45) is 6.66. The Balaban J connectivity index is 0. The van der Waals surface area contributed by atoms with Crippen molar-refractivity contribution in [1.29, 1.82) is 0 Å². The predicted octanol–water partition coefficient (Wildman–Crippen LogP) is 6.42. The molecule has 0 amide bonds. The summed E-state index contributed by atoms with van der Waals surface area (Å²) in [4.78, 5) is 0. The summed E-state index contributed by atoms with van der Waals surface area (Å²) >= 11 is 0. The highest BCUT2D eigenvalue weighted by Crippen LogP contribution is 2.17. The van der Waals surface area contributed by atoms with E-state index in [-0.39, 0.29) is 0 Å². The normalized spacial score (nSPS) is 12.6. The number of benzene rings is 1. The Labute approximate surface area is 156 Å². The fourth-order valence-corrected chi connectivity index (χ4v) is 2.16. The first kappa shape index (κ1) is 25.6. The van der Waals surface area contributed by atoms with Crippen molar-refractivity contribution in [1.82, 2.24) is 0 Å². The number of hydrogen-bond acceptors (Lipinski definition) is 2. The lowest BCUT2D eigenvalue weighted by Gasteiger charge is -2.10. The van der Waals surface area contributed by atoms with Gasteiger partial charge >= 0.3 is 0 Å². The van der Waals surface area contributed by atoms with E-state index >= 15 is 0 Å². The molecule has 2 heteroatoms. The van der Waals surface area contributed by atoms with Crippen molar-refractivity contribution >= 4 is 0 Å². The van der Waals surface area contributed by atoms with Crippen molar-refractivity contribution in [2.75, 3.05) is 27.4 Å². The number of allylic oxidation sites excluding steroid dienone is 3. The summed E-state index contributed by atoms with van der Waals surface area (Å²) in [7, 11) is 3.45. The summed E-state index contributed by atoms with van der Waals surface area (Å²) in [5.74, 6) is 1.00. The fourth-order valence-electron chi connectivity index (χ4n) is 2.16. The molecule has 0 saturated heterocycles. The number of methoxy groups -OCH3 is 2. The van der Waals surface area contributed by atoms with Gasteiger partial charge in [0.1, 0.15) is 0 Å². The largest absolute Gasteiger partial charge is 0.385 e. The Hall–Kier alpha value is -1.64. The van der Waals surface area contributed by atoms with Gasteiger partial charge in [-0.1, -0.05) is 89.4 Å². The van der Waals surface area contributed by atoms with E-state index in [2.05, 4.69) is 51.3 Å². The lowest BCUT2D eigenvalue weighted by Crippen LogP contribution is -2.04. The second-order valence-corrected chi connectivity index (χ2v) is 5.56. The average molecular weight is 347 g/mol. The average Bonchev–Trinajstić information content (AvgIpc) is 2.67. The maximum Gasteiger partial charge on any atom is 0.0528 e. The van der Waals surface area contributed by atoms with Crippen LogP contribution in [0.25, 0.3) is 0 Å². The lowest BCUT2D eigenvalue weighted by atomic mass is 9.98. The first-order chi connectivity index (χ1) is 12.1. The van der Waals surface area contributed by atoms with E-state index in [0.29, 0.717) is 11.8 Å². The minimum absolute atomic E-state index is 0.399. The zero-order chi connectivity index (χ0) is 19.5.